The summed E-state index contributed by atoms with van der Waals surface area (Å²) in [5.41, 5.74) is 2.00. The Morgan fingerprint density at radius 3 is 2.66 bits per heavy atom. The van der Waals surface area contributed by atoms with Crippen LogP contribution in [0, 0.1) is 5.82 Å². The fourth-order valence-electron chi connectivity index (χ4n) is 2.99. The number of carbonyl (C=O) groups is 1. The number of hydrogen-bond donors (Lipinski definition) is 2. The van der Waals surface area contributed by atoms with Gasteiger partial charge in [-0.3, -0.25) is 0 Å². The van der Waals surface area contributed by atoms with Gasteiger partial charge in [0.1, 0.15) is 6.26 Å². The largest absolute Gasteiger partial charge is 0.445 e. The van der Waals surface area contributed by atoms with E-state index in [1.54, 1.807) is 36.7 Å². The lowest BCUT2D eigenvalue weighted by molar-refractivity contribution is 0.122. The number of carbonyl (C=O) groups excluding carboxylic acids is 1. The topological polar surface area (TPSA) is 92.5 Å². The van der Waals surface area contributed by atoms with E-state index < -0.39 is 11.8 Å². The van der Waals surface area contributed by atoms with Crippen LogP contribution < -0.4 is 15.5 Å². The lowest BCUT2D eigenvalue weighted by Crippen LogP contribution is -2.37. The number of anilines is 2. The van der Waals surface area contributed by atoms with E-state index in [-0.39, 0.29) is 6.54 Å². The van der Waals surface area contributed by atoms with Gasteiger partial charge in [0.05, 0.1) is 19.4 Å². The highest BCUT2D eigenvalue weighted by atomic mass is 19.1. The summed E-state index contributed by atoms with van der Waals surface area (Å²) in [6.45, 7) is 2.50. The SMILES string of the molecule is O=C(NCc1cnc(N2CCOCC2)c(F)c1)Nc1ccc(-c2ncco2)cc1. The van der Waals surface area contributed by atoms with E-state index in [9.17, 15) is 9.18 Å². The number of oxazole rings is 1. The first-order valence-electron chi connectivity index (χ1n) is 9.21. The Balaban J connectivity index is 1.30. The second-order valence-electron chi connectivity index (χ2n) is 6.47. The molecule has 9 heteroatoms. The predicted octanol–water partition coefficient (Wildman–Crippen LogP) is 3.03. The molecular weight excluding hydrogens is 377 g/mol. The minimum absolute atomic E-state index is 0.160. The van der Waals surface area contributed by atoms with Crippen LogP contribution in [-0.4, -0.2) is 42.3 Å². The number of nitrogens with one attached hydrogen (secondary N) is 2. The predicted molar refractivity (Wildman–Crippen MR) is 105 cm³/mol. The first-order valence-corrected chi connectivity index (χ1v) is 9.21. The van der Waals surface area contributed by atoms with Crippen molar-refractivity contribution in [3.8, 4) is 11.5 Å². The number of rotatable bonds is 5. The monoisotopic (exact) mass is 397 g/mol. The van der Waals surface area contributed by atoms with Crippen LogP contribution in [-0.2, 0) is 11.3 Å². The molecule has 1 aromatic carbocycles. The molecule has 3 heterocycles. The highest BCUT2D eigenvalue weighted by Gasteiger charge is 2.17. The van der Waals surface area contributed by atoms with Crippen molar-refractivity contribution in [2.45, 2.75) is 6.54 Å². The zero-order valence-electron chi connectivity index (χ0n) is 15.6. The van der Waals surface area contributed by atoms with Gasteiger partial charge in [0, 0.05) is 37.1 Å². The van der Waals surface area contributed by atoms with Crippen molar-refractivity contribution < 1.29 is 18.3 Å². The second-order valence-corrected chi connectivity index (χ2v) is 6.47. The Morgan fingerprint density at radius 1 is 1.17 bits per heavy atom. The summed E-state index contributed by atoms with van der Waals surface area (Å²) >= 11 is 0. The van der Waals surface area contributed by atoms with Crippen molar-refractivity contribution in [1.82, 2.24) is 15.3 Å². The molecule has 0 radical (unpaired) electrons. The van der Waals surface area contributed by atoms with Crippen molar-refractivity contribution in [1.29, 1.82) is 0 Å². The van der Waals surface area contributed by atoms with Gasteiger partial charge < -0.3 is 24.7 Å². The molecule has 150 valence electrons. The van der Waals surface area contributed by atoms with E-state index in [0.29, 0.717) is 49.3 Å². The molecule has 0 atom stereocenters. The number of amides is 2. The van der Waals surface area contributed by atoms with Gasteiger partial charge in [-0.05, 0) is 35.9 Å². The van der Waals surface area contributed by atoms with Gasteiger partial charge in [0.15, 0.2) is 11.6 Å². The molecule has 1 saturated heterocycles. The average molecular weight is 397 g/mol. The quantitative estimate of drug-likeness (QED) is 0.688. The molecule has 2 N–H and O–H groups in total. The second kappa shape index (κ2) is 8.70. The summed E-state index contributed by atoms with van der Waals surface area (Å²) in [5.74, 6) is 0.414. The number of nitrogens with zero attached hydrogens (tertiary/aromatic N) is 3. The van der Waals surface area contributed by atoms with Crippen molar-refractivity contribution >= 4 is 17.5 Å². The molecule has 0 saturated carbocycles. The highest BCUT2D eigenvalue weighted by Crippen LogP contribution is 2.20. The Kier molecular flexibility index (Phi) is 5.66. The lowest BCUT2D eigenvalue weighted by atomic mass is 10.2. The molecule has 0 aliphatic carbocycles. The Morgan fingerprint density at radius 2 is 1.97 bits per heavy atom. The maximum Gasteiger partial charge on any atom is 0.319 e. The zero-order chi connectivity index (χ0) is 20.1. The summed E-state index contributed by atoms with van der Waals surface area (Å²) < 4.78 is 24.9. The minimum Gasteiger partial charge on any atom is -0.445 e. The van der Waals surface area contributed by atoms with Gasteiger partial charge >= 0.3 is 6.03 Å². The summed E-state index contributed by atoms with van der Waals surface area (Å²) in [4.78, 5) is 22.2. The van der Waals surface area contributed by atoms with Crippen molar-refractivity contribution in [3.63, 3.8) is 0 Å². The normalized spacial score (nSPS) is 13.9. The van der Waals surface area contributed by atoms with Crippen LogP contribution in [0.3, 0.4) is 0 Å². The molecule has 1 aliphatic heterocycles. The van der Waals surface area contributed by atoms with E-state index in [0.717, 1.165) is 5.56 Å². The Labute approximate surface area is 166 Å². The van der Waals surface area contributed by atoms with Gasteiger partial charge in [-0.15, -0.1) is 0 Å². The van der Waals surface area contributed by atoms with Crippen molar-refractivity contribution in [2.24, 2.45) is 0 Å². The molecule has 1 aliphatic rings. The molecule has 0 bridgehead atoms. The van der Waals surface area contributed by atoms with Gasteiger partial charge in [0.25, 0.3) is 0 Å². The van der Waals surface area contributed by atoms with Crippen LogP contribution >= 0.6 is 0 Å². The number of aromatic nitrogens is 2. The summed E-state index contributed by atoms with van der Waals surface area (Å²) in [6, 6.07) is 8.08. The number of pyridine rings is 1. The number of halogens is 1. The fourth-order valence-corrected chi connectivity index (χ4v) is 2.99. The average Bonchev–Trinajstić information content (AvgIpc) is 3.28. The third-order valence-corrected chi connectivity index (χ3v) is 4.46. The summed E-state index contributed by atoms with van der Waals surface area (Å²) in [5, 5.41) is 5.42. The first kappa shape index (κ1) is 18.9. The molecule has 0 unspecified atom stereocenters. The standard InChI is InChI=1S/C20H20FN5O3/c21-17-11-14(12-23-18(17)26-6-9-28-10-7-26)13-24-20(27)25-16-3-1-15(2-4-16)19-22-5-8-29-19/h1-5,8,11-12H,6-7,9-10,13H2,(H2,24,25,27). The first-order chi connectivity index (χ1) is 14.2. The molecule has 1 fully saturated rings. The van der Waals surface area contributed by atoms with Crippen LogP contribution in [0.5, 0.6) is 0 Å². The van der Waals surface area contributed by atoms with Gasteiger partial charge in [-0.25, -0.2) is 19.2 Å². The molecule has 8 nitrogen and oxygen atoms in total. The lowest BCUT2D eigenvalue weighted by Gasteiger charge is -2.28. The summed E-state index contributed by atoms with van der Waals surface area (Å²) in [6.07, 6.45) is 4.64. The van der Waals surface area contributed by atoms with Gasteiger partial charge in [-0.2, -0.15) is 0 Å². The van der Waals surface area contributed by atoms with Crippen LogP contribution in [0.15, 0.2) is 53.4 Å². The van der Waals surface area contributed by atoms with E-state index in [4.69, 9.17) is 9.15 Å². The van der Waals surface area contributed by atoms with E-state index in [1.807, 2.05) is 4.90 Å². The van der Waals surface area contributed by atoms with Crippen LogP contribution in [0.4, 0.5) is 20.7 Å². The number of benzene rings is 1. The number of urea groups is 1. The molecule has 0 spiro atoms. The van der Waals surface area contributed by atoms with Crippen molar-refractivity contribution in [2.75, 3.05) is 36.5 Å². The molecule has 2 amide bonds. The molecule has 2 aromatic heterocycles. The molecule has 4 rings (SSSR count). The highest BCUT2D eigenvalue weighted by molar-refractivity contribution is 5.89. The number of hydrogen-bond acceptors (Lipinski definition) is 6. The van der Waals surface area contributed by atoms with Crippen molar-refractivity contribution in [3.05, 3.63) is 60.4 Å². The maximum atomic E-state index is 14.4. The Bertz CT molecular complexity index is 957. The maximum absolute atomic E-state index is 14.4. The van der Waals surface area contributed by atoms with Crippen LogP contribution in [0.1, 0.15) is 5.56 Å². The van der Waals surface area contributed by atoms with Crippen LogP contribution in [0.2, 0.25) is 0 Å². The molecular formula is C20H20FN5O3. The van der Waals surface area contributed by atoms with Gasteiger partial charge in [0.2, 0.25) is 5.89 Å². The third kappa shape index (κ3) is 4.69. The number of morpholine rings is 1. The van der Waals surface area contributed by atoms with Gasteiger partial charge in [-0.1, -0.05) is 0 Å². The zero-order valence-corrected chi connectivity index (χ0v) is 15.6. The van der Waals surface area contributed by atoms with E-state index in [1.165, 1.54) is 12.3 Å². The number of ether oxygens (including phenoxy) is 1. The Hall–Kier alpha value is -3.46. The molecule has 29 heavy (non-hydrogen) atoms. The van der Waals surface area contributed by atoms with E-state index in [2.05, 4.69) is 20.6 Å². The third-order valence-electron chi connectivity index (χ3n) is 4.46. The van der Waals surface area contributed by atoms with Crippen LogP contribution in [0.25, 0.3) is 11.5 Å². The molecule has 3 aromatic rings. The smallest absolute Gasteiger partial charge is 0.319 e. The van der Waals surface area contributed by atoms with E-state index >= 15 is 0 Å². The summed E-state index contributed by atoms with van der Waals surface area (Å²) in [7, 11) is 0. The minimum atomic E-state index is -0.409. The fraction of sp³-hybridized carbons (Fsp3) is 0.250.